The lowest BCUT2D eigenvalue weighted by molar-refractivity contribution is -0.121. The number of amides is 1. The standard InChI is InChI=1S/C23H22ClNO/c1-17-7-5-6-10-21(17)23(19-8-3-2-4-9-19)25-22(26)16-13-18-11-14-20(24)15-12-18/h2-12,14-15,23H,13,16H2,1H3,(H,25,26)/t23-/m1/s1. The van der Waals surface area contributed by atoms with E-state index in [4.69, 9.17) is 11.6 Å². The Balaban J connectivity index is 1.74. The number of rotatable bonds is 6. The third-order valence-electron chi connectivity index (χ3n) is 4.49. The molecule has 3 aromatic carbocycles. The Labute approximate surface area is 159 Å². The topological polar surface area (TPSA) is 29.1 Å². The van der Waals surface area contributed by atoms with Gasteiger partial charge in [-0.3, -0.25) is 4.79 Å². The third kappa shape index (κ3) is 4.74. The molecule has 0 bridgehead atoms. The van der Waals surface area contributed by atoms with Crippen LogP contribution in [0.4, 0.5) is 0 Å². The van der Waals surface area contributed by atoms with Crippen molar-refractivity contribution in [2.75, 3.05) is 0 Å². The molecule has 0 saturated carbocycles. The fraction of sp³-hybridized carbons (Fsp3) is 0.174. The first-order chi connectivity index (χ1) is 12.6. The second-order valence-corrected chi connectivity index (χ2v) is 6.83. The summed E-state index contributed by atoms with van der Waals surface area (Å²) in [5, 5.41) is 3.92. The average molecular weight is 364 g/mol. The van der Waals surface area contributed by atoms with Crippen LogP contribution in [0.5, 0.6) is 0 Å². The molecule has 3 heteroatoms. The summed E-state index contributed by atoms with van der Waals surface area (Å²) in [6, 6.07) is 25.8. The molecule has 26 heavy (non-hydrogen) atoms. The first kappa shape index (κ1) is 18.2. The summed E-state index contributed by atoms with van der Waals surface area (Å²) in [6.45, 7) is 2.07. The third-order valence-corrected chi connectivity index (χ3v) is 4.74. The number of aryl methyl sites for hydroxylation is 2. The molecular weight excluding hydrogens is 342 g/mol. The van der Waals surface area contributed by atoms with E-state index in [0.29, 0.717) is 17.9 Å². The van der Waals surface area contributed by atoms with Crippen LogP contribution >= 0.6 is 11.6 Å². The van der Waals surface area contributed by atoms with Gasteiger partial charge in [0.25, 0.3) is 0 Å². The van der Waals surface area contributed by atoms with Crippen LogP contribution in [-0.4, -0.2) is 5.91 Å². The minimum atomic E-state index is -0.143. The molecule has 3 aromatic rings. The predicted molar refractivity (Wildman–Crippen MR) is 107 cm³/mol. The predicted octanol–water partition coefficient (Wildman–Crippen LogP) is 5.49. The second kappa shape index (κ2) is 8.68. The van der Waals surface area contributed by atoms with Gasteiger partial charge in [-0.2, -0.15) is 0 Å². The molecular formula is C23H22ClNO. The molecule has 1 atom stereocenters. The summed E-state index contributed by atoms with van der Waals surface area (Å²) < 4.78 is 0. The first-order valence-electron chi connectivity index (χ1n) is 8.78. The summed E-state index contributed by atoms with van der Waals surface area (Å²) in [7, 11) is 0. The maximum Gasteiger partial charge on any atom is 0.221 e. The molecule has 2 nitrogen and oxygen atoms in total. The van der Waals surface area contributed by atoms with Crippen LogP contribution in [0.2, 0.25) is 5.02 Å². The fourth-order valence-corrected chi connectivity index (χ4v) is 3.16. The van der Waals surface area contributed by atoms with Crippen LogP contribution in [-0.2, 0) is 11.2 Å². The van der Waals surface area contributed by atoms with Gasteiger partial charge in [-0.1, -0.05) is 78.3 Å². The smallest absolute Gasteiger partial charge is 0.221 e. The summed E-state index contributed by atoms with van der Waals surface area (Å²) >= 11 is 5.91. The largest absolute Gasteiger partial charge is 0.345 e. The minimum Gasteiger partial charge on any atom is -0.345 e. The number of hydrogen-bond donors (Lipinski definition) is 1. The average Bonchev–Trinajstić information content (AvgIpc) is 2.67. The molecule has 1 amide bonds. The van der Waals surface area contributed by atoms with Crippen molar-refractivity contribution < 1.29 is 4.79 Å². The van der Waals surface area contributed by atoms with Gasteiger partial charge in [-0.25, -0.2) is 0 Å². The molecule has 0 radical (unpaired) electrons. The molecule has 0 spiro atoms. The number of carbonyl (C=O) groups excluding carboxylic acids is 1. The molecule has 1 N–H and O–H groups in total. The number of hydrogen-bond acceptors (Lipinski definition) is 1. The van der Waals surface area contributed by atoms with E-state index < -0.39 is 0 Å². The Kier molecular flexibility index (Phi) is 6.08. The van der Waals surface area contributed by atoms with Crippen LogP contribution < -0.4 is 5.32 Å². The summed E-state index contributed by atoms with van der Waals surface area (Å²) in [5.41, 5.74) is 4.48. The highest BCUT2D eigenvalue weighted by Crippen LogP contribution is 2.25. The van der Waals surface area contributed by atoms with Gasteiger partial charge >= 0.3 is 0 Å². The maximum atomic E-state index is 12.6. The van der Waals surface area contributed by atoms with Crippen molar-refractivity contribution in [3.05, 3.63) is 106 Å². The molecule has 0 aromatic heterocycles. The SMILES string of the molecule is Cc1ccccc1[C@H](NC(=O)CCc1ccc(Cl)cc1)c1ccccc1. The van der Waals surface area contributed by atoms with E-state index in [9.17, 15) is 4.79 Å². The zero-order chi connectivity index (χ0) is 18.4. The fourth-order valence-electron chi connectivity index (χ4n) is 3.04. The van der Waals surface area contributed by atoms with E-state index in [1.165, 1.54) is 5.56 Å². The van der Waals surface area contributed by atoms with E-state index in [1.54, 1.807) is 0 Å². The summed E-state index contributed by atoms with van der Waals surface area (Å²) in [5.74, 6) is 0.0389. The number of nitrogens with one attached hydrogen (secondary N) is 1. The zero-order valence-corrected chi connectivity index (χ0v) is 15.5. The molecule has 132 valence electrons. The van der Waals surface area contributed by atoms with Crippen molar-refractivity contribution in [3.8, 4) is 0 Å². The van der Waals surface area contributed by atoms with Crippen LogP contribution in [0, 0.1) is 6.92 Å². The van der Waals surface area contributed by atoms with Crippen molar-refractivity contribution in [1.82, 2.24) is 5.32 Å². The van der Waals surface area contributed by atoms with E-state index in [1.807, 2.05) is 54.6 Å². The lowest BCUT2D eigenvalue weighted by Crippen LogP contribution is -2.30. The zero-order valence-electron chi connectivity index (χ0n) is 14.8. The van der Waals surface area contributed by atoms with Gasteiger partial charge in [0.15, 0.2) is 0 Å². The molecule has 0 aliphatic heterocycles. The highest BCUT2D eigenvalue weighted by atomic mass is 35.5. The summed E-state index contributed by atoms with van der Waals surface area (Å²) in [6.07, 6.45) is 1.13. The molecule has 0 unspecified atom stereocenters. The summed E-state index contributed by atoms with van der Waals surface area (Å²) in [4.78, 5) is 12.6. The van der Waals surface area contributed by atoms with Crippen molar-refractivity contribution in [1.29, 1.82) is 0 Å². The van der Waals surface area contributed by atoms with Gasteiger partial charge in [0, 0.05) is 11.4 Å². The molecule has 3 rings (SSSR count). The maximum absolute atomic E-state index is 12.6. The molecule has 0 aliphatic carbocycles. The Morgan fingerprint density at radius 2 is 1.58 bits per heavy atom. The Morgan fingerprint density at radius 1 is 0.923 bits per heavy atom. The van der Waals surface area contributed by atoms with Crippen LogP contribution in [0.25, 0.3) is 0 Å². The quantitative estimate of drug-likeness (QED) is 0.616. The van der Waals surface area contributed by atoms with Crippen molar-refractivity contribution in [2.45, 2.75) is 25.8 Å². The monoisotopic (exact) mass is 363 g/mol. The normalized spacial score (nSPS) is 11.8. The van der Waals surface area contributed by atoms with Gasteiger partial charge in [-0.05, 0) is 47.7 Å². The van der Waals surface area contributed by atoms with E-state index in [2.05, 4.69) is 36.5 Å². The second-order valence-electron chi connectivity index (χ2n) is 6.39. The molecule has 0 heterocycles. The number of halogens is 1. The van der Waals surface area contributed by atoms with Gasteiger partial charge in [0.1, 0.15) is 0 Å². The van der Waals surface area contributed by atoms with E-state index in [0.717, 1.165) is 16.7 Å². The van der Waals surface area contributed by atoms with Gasteiger partial charge in [-0.15, -0.1) is 0 Å². The Bertz CT molecular complexity index is 859. The highest BCUT2D eigenvalue weighted by molar-refractivity contribution is 6.30. The van der Waals surface area contributed by atoms with Crippen molar-refractivity contribution in [2.24, 2.45) is 0 Å². The van der Waals surface area contributed by atoms with Crippen LogP contribution in [0.15, 0.2) is 78.9 Å². The van der Waals surface area contributed by atoms with Gasteiger partial charge in [0.05, 0.1) is 6.04 Å². The lowest BCUT2D eigenvalue weighted by atomic mass is 9.94. The first-order valence-corrected chi connectivity index (χ1v) is 9.15. The van der Waals surface area contributed by atoms with Crippen LogP contribution in [0.1, 0.15) is 34.7 Å². The lowest BCUT2D eigenvalue weighted by Gasteiger charge is -2.21. The highest BCUT2D eigenvalue weighted by Gasteiger charge is 2.18. The number of benzene rings is 3. The van der Waals surface area contributed by atoms with E-state index >= 15 is 0 Å². The molecule has 0 aliphatic rings. The Hall–Kier alpha value is -2.58. The molecule has 0 saturated heterocycles. The van der Waals surface area contributed by atoms with Crippen LogP contribution in [0.3, 0.4) is 0 Å². The van der Waals surface area contributed by atoms with Crippen molar-refractivity contribution >= 4 is 17.5 Å². The Morgan fingerprint density at radius 3 is 2.27 bits per heavy atom. The van der Waals surface area contributed by atoms with Gasteiger partial charge in [0.2, 0.25) is 5.91 Å². The minimum absolute atomic E-state index is 0.0389. The van der Waals surface area contributed by atoms with Crippen molar-refractivity contribution in [3.63, 3.8) is 0 Å². The van der Waals surface area contributed by atoms with E-state index in [-0.39, 0.29) is 11.9 Å². The number of carbonyl (C=O) groups is 1. The molecule has 0 fully saturated rings. The van der Waals surface area contributed by atoms with Gasteiger partial charge < -0.3 is 5.32 Å².